The molecule has 14 heteroatoms. The molecule has 0 aliphatic heterocycles. The molecule has 0 bridgehead atoms. The van der Waals surface area contributed by atoms with E-state index in [0.717, 1.165) is 35.3 Å². The average Bonchev–Trinajstić information content (AvgIpc) is 3.74. The van der Waals surface area contributed by atoms with Crippen LogP contribution in [0, 0.1) is 23.7 Å². The third-order valence-electron chi connectivity index (χ3n) is 12.7. The van der Waals surface area contributed by atoms with E-state index in [-0.39, 0.29) is 58.1 Å². The summed E-state index contributed by atoms with van der Waals surface area (Å²) in [5.74, 6) is 0.933. The third-order valence-corrected chi connectivity index (χ3v) is 12.7. The third kappa shape index (κ3) is 18.0. The molecule has 4 aliphatic rings. The van der Waals surface area contributed by atoms with Crippen molar-refractivity contribution in [1.82, 2.24) is 0 Å². The molecule has 0 amide bonds. The van der Waals surface area contributed by atoms with Gasteiger partial charge >= 0.3 is 23.9 Å². The zero-order valence-corrected chi connectivity index (χ0v) is 42.3. The lowest BCUT2D eigenvalue weighted by Gasteiger charge is -2.21. The van der Waals surface area contributed by atoms with Crippen molar-refractivity contribution in [3.8, 4) is 11.5 Å². The Morgan fingerprint density at radius 2 is 1.26 bits per heavy atom. The lowest BCUT2D eigenvalue weighted by molar-refractivity contribution is -0.138. The molecule has 2 aromatic carbocycles. The Morgan fingerprint density at radius 3 is 1.84 bits per heavy atom. The second kappa shape index (κ2) is 30.4. The number of fused-ring (bicyclic) bond motifs is 3. The molecular weight excluding hydrogens is 945 g/mol. The van der Waals surface area contributed by atoms with E-state index in [2.05, 4.69) is 80.8 Å². The molecule has 14 nitrogen and oxygen atoms in total. The van der Waals surface area contributed by atoms with Gasteiger partial charge in [-0.3, -0.25) is 0 Å². The number of esters is 4. The number of carbonyl (C=O) groups excluding carboxylic acids is 4. The molecule has 1 fully saturated rings. The van der Waals surface area contributed by atoms with Crippen molar-refractivity contribution in [1.29, 1.82) is 0 Å². The molecule has 1 saturated carbocycles. The van der Waals surface area contributed by atoms with Crippen molar-refractivity contribution < 1.29 is 67.3 Å². The first kappa shape index (κ1) is 56.5. The predicted molar refractivity (Wildman–Crippen MR) is 281 cm³/mol. The average molecular weight is 1020 g/mol. The highest BCUT2D eigenvalue weighted by Crippen LogP contribution is 2.51. The van der Waals surface area contributed by atoms with Crippen LogP contribution in [0.1, 0.15) is 73.4 Å². The van der Waals surface area contributed by atoms with Crippen molar-refractivity contribution in [2.75, 3.05) is 59.5 Å². The van der Waals surface area contributed by atoms with Crippen LogP contribution < -0.4 is 9.47 Å². The highest BCUT2D eigenvalue weighted by Gasteiger charge is 2.43. The van der Waals surface area contributed by atoms with Crippen molar-refractivity contribution in [3.63, 3.8) is 0 Å². The summed E-state index contributed by atoms with van der Waals surface area (Å²) in [6.45, 7) is 10.5. The number of ether oxygens (including phenoxy) is 8. The molecule has 0 heterocycles. The number of unbranched alkanes of at least 4 members (excludes halogenated alkanes) is 2. The standard InChI is InChI=1S/C60H70O14/c1-4-42(37-55-53-17-9-7-15-51(53)52-16-8-10-18-54(52)55)35-46-36-43(29-34-71-59(65)44-20-24-49(25-21-44)72-40-47(61)38-67-30-11-13-32-69-57(63)5-2)19-28-56(46)74-60(66)45-22-26-50(27-23-45)73-41-48(62)39-68-31-12-14-33-70-58(64)6-3/h5-10,15-22,24-26,28,35-37,47-48,51-54,61-62H,2-4,11-14,23,27,29-34,38-41H2,1H3/b42-35+,55-37?. The predicted octanol–water partition coefficient (Wildman–Crippen LogP) is 9.22. The first-order chi connectivity index (χ1) is 36.0. The number of aliphatic hydroxyl groups is 2. The number of aliphatic hydroxyl groups excluding tert-OH is 2. The van der Waals surface area contributed by atoms with Gasteiger partial charge in [-0.15, -0.1) is 0 Å². The molecular formula is C60H70O14. The van der Waals surface area contributed by atoms with Gasteiger partial charge in [0.25, 0.3) is 0 Å². The van der Waals surface area contributed by atoms with Crippen molar-refractivity contribution >= 4 is 30.0 Å². The molecule has 394 valence electrons. The lowest BCUT2D eigenvalue weighted by Crippen LogP contribution is -2.23. The normalized spacial score (nSPS) is 19.2. The zero-order chi connectivity index (χ0) is 52.5. The molecule has 4 aliphatic carbocycles. The number of benzene rings is 2. The molecule has 0 spiro atoms. The van der Waals surface area contributed by atoms with Crippen LogP contribution in [0.5, 0.6) is 11.5 Å². The highest BCUT2D eigenvalue weighted by molar-refractivity contribution is 5.91. The fourth-order valence-electron chi connectivity index (χ4n) is 8.80. The van der Waals surface area contributed by atoms with Gasteiger partial charge in [0.1, 0.15) is 36.9 Å². The summed E-state index contributed by atoms with van der Waals surface area (Å²) in [5.41, 5.74) is 4.87. The quantitative estimate of drug-likeness (QED) is 0.0240. The second-order valence-corrected chi connectivity index (χ2v) is 18.2. The Hall–Kier alpha value is -6.84. The van der Waals surface area contributed by atoms with Crippen LogP contribution in [0.25, 0.3) is 6.08 Å². The molecule has 6 unspecified atom stereocenters. The fourth-order valence-corrected chi connectivity index (χ4v) is 8.80. The topological polar surface area (TPSA) is 183 Å². The van der Waals surface area contributed by atoms with Crippen LogP contribution in [0.3, 0.4) is 0 Å². The summed E-state index contributed by atoms with van der Waals surface area (Å²) >= 11 is 0. The summed E-state index contributed by atoms with van der Waals surface area (Å²) in [6, 6.07) is 12.1. The first-order valence-electron chi connectivity index (χ1n) is 25.5. The smallest absolute Gasteiger partial charge is 0.339 e. The Morgan fingerprint density at radius 1 is 0.662 bits per heavy atom. The SMILES string of the molecule is C=CC(=O)OCCCCOCC(O)COC1=CC=C(C(=O)Oc2ccc(CCOC(=O)c3ccc(OCC(O)COCCCCOC(=O)C=C)cc3)cc2/C=C(/C=C2C3C=CC=CC3C3C=CC=CC23)CC)CC1. The Bertz CT molecular complexity index is 2450. The maximum Gasteiger partial charge on any atom is 0.339 e. The van der Waals surface area contributed by atoms with Crippen LogP contribution in [-0.4, -0.2) is 106 Å². The summed E-state index contributed by atoms with van der Waals surface area (Å²) < 4.78 is 44.3. The van der Waals surface area contributed by atoms with Crippen LogP contribution >= 0.6 is 0 Å². The van der Waals surface area contributed by atoms with Crippen LogP contribution in [0.2, 0.25) is 0 Å². The Kier molecular flexibility index (Phi) is 23.2. The highest BCUT2D eigenvalue weighted by atomic mass is 16.6. The van der Waals surface area contributed by atoms with Crippen LogP contribution in [0.15, 0.2) is 157 Å². The molecule has 2 N–H and O–H groups in total. The molecule has 0 radical (unpaired) electrons. The van der Waals surface area contributed by atoms with Gasteiger partial charge in [-0.2, -0.15) is 0 Å². The van der Waals surface area contributed by atoms with E-state index in [9.17, 15) is 29.4 Å². The molecule has 74 heavy (non-hydrogen) atoms. The maximum atomic E-state index is 13.8. The van der Waals surface area contributed by atoms with E-state index in [0.29, 0.717) is 98.4 Å². The van der Waals surface area contributed by atoms with Gasteiger partial charge < -0.3 is 48.1 Å². The summed E-state index contributed by atoms with van der Waals surface area (Å²) in [6.07, 6.45) is 30.7. The first-order valence-corrected chi connectivity index (χ1v) is 25.5. The van der Waals surface area contributed by atoms with Crippen LogP contribution in [-0.2, 0) is 49.2 Å². The number of rotatable bonds is 31. The summed E-state index contributed by atoms with van der Waals surface area (Å²) in [4.78, 5) is 49.1. The minimum atomic E-state index is -0.860. The van der Waals surface area contributed by atoms with E-state index in [1.807, 2.05) is 12.1 Å². The van der Waals surface area contributed by atoms with E-state index in [1.54, 1.807) is 42.5 Å². The zero-order valence-electron chi connectivity index (χ0n) is 42.3. The molecule has 0 saturated heterocycles. The Labute approximate surface area is 434 Å². The van der Waals surface area contributed by atoms with Crippen molar-refractivity contribution in [3.05, 3.63) is 174 Å². The number of hydrogen-bond donors (Lipinski definition) is 2. The van der Waals surface area contributed by atoms with Gasteiger partial charge in [0, 0.05) is 61.2 Å². The van der Waals surface area contributed by atoms with Gasteiger partial charge in [0.15, 0.2) is 0 Å². The van der Waals surface area contributed by atoms with Gasteiger partial charge in [-0.05, 0) is 116 Å². The van der Waals surface area contributed by atoms with E-state index in [1.165, 1.54) is 5.57 Å². The molecule has 6 atom stereocenters. The number of carbonyl (C=O) groups is 4. The van der Waals surface area contributed by atoms with E-state index >= 15 is 0 Å². The molecule has 0 aromatic heterocycles. The summed E-state index contributed by atoms with van der Waals surface area (Å²) in [7, 11) is 0. The van der Waals surface area contributed by atoms with Gasteiger partial charge in [-0.1, -0.05) is 86.4 Å². The minimum Gasteiger partial charge on any atom is -0.495 e. The second-order valence-electron chi connectivity index (χ2n) is 18.2. The maximum absolute atomic E-state index is 13.8. The Balaban J connectivity index is 1.05. The fraction of sp³-hybridized carbons (Fsp3) is 0.400. The van der Waals surface area contributed by atoms with Gasteiger partial charge in [0.05, 0.1) is 44.4 Å². The van der Waals surface area contributed by atoms with Gasteiger partial charge in [-0.25, -0.2) is 19.2 Å². The van der Waals surface area contributed by atoms with Crippen LogP contribution in [0.4, 0.5) is 0 Å². The monoisotopic (exact) mass is 1010 g/mol. The number of allylic oxidation sites excluding steroid dienone is 14. The number of hydrogen-bond acceptors (Lipinski definition) is 14. The van der Waals surface area contributed by atoms with E-state index in [4.69, 9.17) is 37.9 Å². The minimum absolute atomic E-state index is 0.00204. The lowest BCUT2D eigenvalue weighted by atomic mass is 9.83. The van der Waals surface area contributed by atoms with Crippen molar-refractivity contribution in [2.45, 2.75) is 70.5 Å². The largest absolute Gasteiger partial charge is 0.495 e. The molecule has 2 aromatic rings. The van der Waals surface area contributed by atoms with E-state index < -0.39 is 36.1 Å². The molecule has 6 rings (SSSR count). The summed E-state index contributed by atoms with van der Waals surface area (Å²) in [5, 5.41) is 20.7. The van der Waals surface area contributed by atoms with Crippen molar-refractivity contribution in [2.24, 2.45) is 23.7 Å². The van der Waals surface area contributed by atoms with Gasteiger partial charge in [0.2, 0.25) is 0 Å².